The van der Waals surface area contributed by atoms with E-state index in [4.69, 9.17) is 11.6 Å². The van der Waals surface area contributed by atoms with Crippen molar-refractivity contribution in [1.29, 1.82) is 0 Å². The fourth-order valence-corrected chi connectivity index (χ4v) is 1.02. The minimum atomic E-state index is 0.174. The highest BCUT2D eigenvalue weighted by atomic mass is 35.5. The molecule has 0 aliphatic carbocycles. The fraction of sp³-hybridized carbons (Fsp3) is 0.625. The van der Waals surface area contributed by atoms with Gasteiger partial charge in [-0.05, 0) is 18.0 Å². The number of nitrogens with one attached hydrogen (secondary N) is 1. The minimum Gasteiger partial charge on any atom is -0.354 e. The summed E-state index contributed by atoms with van der Waals surface area (Å²) in [5.74, 6) is 0.496. The Morgan fingerprint density at radius 1 is 1.38 bits per heavy atom. The van der Waals surface area contributed by atoms with Crippen molar-refractivity contribution in [3.63, 3.8) is 0 Å². The molecule has 1 N–H and O–H groups in total. The van der Waals surface area contributed by atoms with E-state index in [1.807, 2.05) is 0 Å². The topological polar surface area (TPSA) is 50.7 Å². The van der Waals surface area contributed by atoms with Crippen molar-refractivity contribution in [3.05, 3.63) is 11.6 Å². The summed E-state index contributed by atoms with van der Waals surface area (Å²) in [6.07, 6.45) is 5.93. The smallest absolute Gasteiger partial charge is 0.227 e. The summed E-state index contributed by atoms with van der Waals surface area (Å²) in [5, 5.41) is 3.22. The zero-order chi connectivity index (χ0) is 9.52. The molecule has 0 amide bonds. The number of rotatable bonds is 5. The summed E-state index contributed by atoms with van der Waals surface area (Å²) < 4.78 is 0. The number of unbranched alkanes of at least 4 members (excludes halogenated alkanes) is 2. The van der Waals surface area contributed by atoms with Gasteiger partial charge in [0.05, 0.1) is 0 Å². The molecule has 1 aromatic rings. The second kappa shape index (κ2) is 5.70. The van der Waals surface area contributed by atoms with E-state index < -0.39 is 0 Å². The zero-order valence-electron chi connectivity index (χ0n) is 7.55. The first-order chi connectivity index (χ1) is 6.33. The first-order valence-corrected chi connectivity index (χ1v) is 4.72. The highest BCUT2D eigenvalue weighted by Crippen LogP contribution is 2.02. The van der Waals surface area contributed by atoms with Crippen LogP contribution in [0.4, 0.5) is 5.95 Å². The Hall–Kier alpha value is -0.900. The Bertz CT molecular complexity index is 254. The summed E-state index contributed by atoms with van der Waals surface area (Å²) in [5.41, 5.74) is 0. The van der Waals surface area contributed by atoms with Crippen LogP contribution in [0.1, 0.15) is 26.2 Å². The quantitative estimate of drug-likeness (QED) is 0.737. The molecule has 5 heteroatoms. The molecule has 0 saturated carbocycles. The summed E-state index contributed by atoms with van der Waals surface area (Å²) in [7, 11) is 0. The molecule has 0 aliphatic rings. The molecule has 0 bridgehead atoms. The number of hydrogen-bond acceptors (Lipinski definition) is 4. The highest BCUT2D eigenvalue weighted by molar-refractivity contribution is 6.28. The lowest BCUT2D eigenvalue weighted by Crippen LogP contribution is -2.05. The van der Waals surface area contributed by atoms with Crippen molar-refractivity contribution >= 4 is 17.5 Å². The van der Waals surface area contributed by atoms with Gasteiger partial charge in [-0.15, -0.1) is 0 Å². The highest BCUT2D eigenvalue weighted by Gasteiger charge is 1.96. The molecule has 0 saturated heterocycles. The first kappa shape index (κ1) is 10.2. The standard InChI is InChI=1S/C8H12ClN4/c1-2-3-4-5-10-8-12-6-11-7(9)13-8/h2-5H2,1H3,(H,10,11,12,13). The van der Waals surface area contributed by atoms with Crippen LogP contribution in [-0.2, 0) is 0 Å². The summed E-state index contributed by atoms with van der Waals surface area (Å²) in [6, 6.07) is 0. The van der Waals surface area contributed by atoms with Crippen LogP contribution in [0.2, 0.25) is 5.28 Å². The molecule has 0 aliphatic heterocycles. The molecule has 71 valence electrons. The van der Waals surface area contributed by atoms with Gasteiger partial charge in [0.1, 0.15) is 0 Å². The normalized spacial score (nSPS) is 10.0. The van der Waals surface area contributed by atoms with Crippen LogP contribution >= 0.6 is 11.6 Å². The molecular weight excluding hydrogens is 188 g/mol. The van der Waals surface area contributed by atoms with Crippen LogP contribution in [0.5, 0.6) is 0 Å². The van der Waals surface area contributed by atoms with E-state index in [0.29, 0.717) is 5.95 Å². The van der Waals surface area contributed by atoms with Gasteiger partial charge in [0, 0.05) is 6.54 Å². The van der Waals surface area contributed by atoms with E-state index in [9.17, 15) is 0 Å². The zero-order valence-corrected chi connectivity index (χ0v) is 8.30. The maximum Gasteiger partial charge on any atom is 0.227 e. The largest absolute Gasteiger partial charge is 0.354 e. The van der Waals surface area contributed by atoms with E-state index in [0.717, 1.165) is 13.0 Å². The third kappa shape index (κ3) is 4.03. The predicted molar refractivity (Wildman–Crippen MR) is 51.7 cm³/mol. The Morgan fingerprint density at radius 3 is 2.92 bits per heavy atom. The number of halogens is 1. The molecular formula is C8H12ClN4. The summed E-state index contributed by atoms with van der Waals surface area (Å²) >= 11 is 5.55. The minimum absolute atomic E-state index is 0.174. The molecule has 0 spiro atoms. The van der Waals surface area contributed by atoms with Crippen molar-refractivity contribution < 1.29 is 0 Å². The second-order valence-corrected chi connectivity index (χ2v) is 3.00. The van der Waals surface area contributed by atoms with Gasteiger partial charge in [-0.1, -0.05) is 19.8 Å². The average Bonchev–Trinajstić information content (AvgIpc) is 2.13. The number of aromatic nitrogens is 3. The lowest BCUT2D eigenvalue weighted by Gasteiger charge is -2.02. The average molecular weight is 200 g/mol. The molecule has 0 atom stereocenters. The second-order valence-electron chi connectivity index (χ2n) is 2.66. The van der Waals surface area contributed by atoms with Crippen LogP contribution in [0.15, 0.2) is 0 Å². The molecule has 0 fully saturated rings. The number of hydrogen-bond donors (Lipinski definition) is 1. The molecule has 13 heavy (non-hydrogen) atoms. The Morgan fingerprint density at radius 2 is 2.23 bits per heavy atom. The Balaban J connectivity index is 2.28. The van der Waals surface area contributed by atoms with Gasteiger partial charge in [0.25, 0.3) is 0 Å². The molecule has 1 rings (SSSR count). The van der Waals surface area contributed by atoms with Crippen LogP contribution in [0.25, 0.3) is 0 Å². The third-order valence-electron chi connectivity index (χ3n) is 1.56. The lowest BCUT2D eigenvalue weighted by molar-refractivity contribution is 0.739. The molecule has 4 nitrogen and oxygen atoms in total. The van der Waals surface area contributed by atoms with Gasteiger partial charge >= 0.3 is 0 Å². The maximum atomic E-state index is 5.55. The van der Waals surface area contributed by atoms with Gasteiger partial charge in [-0.2, -0.15) is 15.0 Å². The Labute approximate surface area is 82.8 Å². The summed E-state index contributed by atoms with van der Waals surface area (Å²) in [6.45, 7) is 3.02. The van der Waals surface area contributed by atoms with Gasteiger partial charge in [0.15, 0.2) is 0 Å². The molecule has 0 aromatic carbocycles. The van der Waals surface area contributed by atoms with Gasteiger partial charge in [-0.25, -0.2) is 0 Å². The van der Waals surface area contributed by atoms with Crippen molar-refractivity contribution in [1.82, 2.24) is 15.0 Å². The van der Waals surface area contributed by atoms with Crippen LogP contribution in [0, 0.1) is 6.33 Å². The van der Waals surface area contributed by atoms with Crippen LogP contribution in [-0.4, -0.2) is 21.5 Å². The Kier molecular flexibility index (Phi) is 4.46. The SMILES string of the molecule is CCCCCNc1n[c]nc(Cl)n1. The van der Waals surface area contributed by atoms with E-state index >= 15 is 0 Å². The van der Waals surface area contributed by atoms with Gasteiger partial charge < -0.3 is 5.32 Å². The van der Waals surface area contributed by atoms with Crippen molar-refractivity contribution in [2.24, 2.45) is 0 Å². The van der Waals surface area contributed by atoms with E-state index in [1.165, 1.54) is 12.8 Å². The van der Waals surface area contributed by atoms with E-state index in [1.54, 1.807) is 0 Å². The van der Waals surface area contributed by atoms with Crippen molar-refractivity contribution in [3.8, 4) is 0 Å². The maximum absolute atomic E-state index is 5.55. The lowest BCUT2D eigenvalue weighted by atomic mass is 10.2. The monoisotopic (exact) mass is 199 g/mol. The van der Waals surface area contributed by atoms with Crippen molar-refractivity contribution in [2.45, 2.75) is 26.2 Å². The fourth-order valence-electron chi connectivity index (χ4n) is 0.905. The van der Waals surface area contributed by atoms with E-state index in [-0.39, 0.29) is 5.28 Å². The number of anilines is 1. The van der Waals surface area contributed by atoms with Crippen LogP contribution < -0.4 is 5.32 Å². The molecule has 1 aromatic heterocycles. The van der Waals surface area contributed by atoms with Crippen LogP contribution in [0.3, 0.4) is 0 Å². The third-order valence-corrected chi connectivity index (χ3v) is 1.73. The van der Waals surface area contributed by atoms with Gasteiger partial charge in [-0.3, -0.25) is 0 Å². The molecule has 0 unspecified atom stereocenters. The first-order valence-electron chi connectivity index (χ1n) is 4.34. The van der Waals surface area contributed by atoms with E-state index in [2.05, 4.69) is 33.5 Å². The predicted octanol–water partition coefficient (Wildman–Crippen LogP) is 1.93. The van der Waals surface area contributed by atoms with Crippen molar-refractivity contribution in [2.75, 3.05) is 11.9 Å². The summed E-state index contributed by atoms with van der Waals surface area (Å²) in [4.78, 5) is 11.2. The molecule has 1 heterocycles. The molecule has 1 radical (unpaired) electrons. The number of nitrogens with zero attached hydrogens (tertiary/aromatic N) is 3. The van der Waals surface area contributed by atoms with Gasteiger partial charge in [0.2, 0.25) is 17.6 Å².